The lowest BCUT2D eigenvalue weighted by molar-refractivity contribution is 0.00347. The van der Waals surface area contributed by atoms with Crippen molar-refractivity contribution in [2.75, 3.05) is 30.4 Å². The highest BCUT2D eigenvalue weighted by molar-refractivity contribution is 6.13. The van der Waals surface area contributed by atoms with Crippen LogP contribution in [0.2, 0.25) is 0 Å². The molecule has 1 aromatic carbocycles. The minimum Gasteiger partial charge on any atom is -0.444 e. The van der Waals surface area contributed by atoms with Crippen LogP contribution in [0, 0.1) is 12.7 Å². The smallest absolute Gasteiger partial charge is 0.410 e. The Balaban J connectivity index is 1.38. The summed E-state index contributed by atoms with van der Waals surface area (Å²) >= 11 is 0. The molecule has 0 unspecified atom stereocenters. The number of imidazole rings is 1. The van der Waals surface area contributed by atoms with Crippen LogP contribution in [0.5, 0.6) is 0 Å². The quantitative estimate of drug-likeness (QED) is 0.338. The minimum absolute atomic E-state index is 0.212. The number of hydrogen-bond acceptors (Lipinski definition) is 6. The molecule has 5 rings (SSSR count). The van der Waals surface area contributed by atoms with Crippen molar-refractivity contribution in [3.8, 4) is 0 Å². The van der Waals surface area contributed by atoms with Crippen molar-refractivity contribution < 1.29 is 18.7 Å². The fourth-order valence-electron chi connectivity index (χ4n) is 5.32. The molecule has 0 radical (unpaired) electrons. The number of fused-ring (bicyclic) bond motifs is 2. The van der Waals surface area contributed by atoms with Gasteiger partial charge in [0, 0.05) is 68.0 Å². The Hall–Kier alpha value is -4.15. The predicted molar refractivity (Wildman–Crippen MR) is 157 cm³/mol. The van der Waals surface area contributed by atoms with Crippen LogP contribution in [0.1, 0.15) is 63.5 Å². The van der Waals surface area contributed by atoms with Gasteiger partial charge in [-0.05, 0) is 66.5 Å². The molecule has 0 bridgehead atoms. The second-order valence-corrected chi connectivity index (χ2v) is 12.0. The van der Waals surface area contributed by atoms with Crippen molar-refractivity contribution in [3.63, 3.8) is 0 Å². The van der Waals surface area contributed by atoms with Gasteiger partial charge in [-0.2, -0.15) is 5.10 Å². The summed E-state index contributed by atoms with van der Waals surface area (Å²) in [4.78, 5) is 34.3. The first kappa shape index (κ1) is 28.4. The van der Waals surface area contributed by atoms with Gasteiger partial charge in [0.1, 0.15) is 11.1 Å². The fraction of sp³-hybridized carbons (Fsp3) is 0.467. The van der Waals surface area contributed by atoms with Gasteiger partial charge >= 0.3 is 6.09 Å². The van der Waals surface area contributed by atoms with Crippen LogP contribution in [0.15, 0.2) is 36.8 Å². The number of carbonyl (C=O) groups excluding carboxylic acids is 2. The second kappa shape index (κ2) is 10.4. The van der Waals surface area contributed by atoms with Crippen molar-refractivity contribution in [2.45, 2.75) is 72.1 Å². The minimum atomic E-state index is -0.555. The number of amides is 2. The standard InChI is InChI=1S/C30H38FN7O3/c1-8-38-18-22-24(36-13-11-30(6,12-14-36)35(7)28(40)41-29(3,4)5)10-9-21(25(22)34-38)27(39)33-20-15-23(31)26-32-19(2)16-37(26)17-20/h9-10,15-18H,8,11-14H2,1-7H3,(H,33,39). The molecule has 4 aromatic rings. The van der Waals surface area contributed by atoms with Gasteiger partial charge in [0.05, 0.1) is 16.9 Å². The molecule has 0 saturated carbocycles. The van der Waals surface area contributed by atoms with Gasteiger partial charge in [0.25, 0.3) is 5.91 Å². The Labute approximate surface area is 239 Å². The monoisotopic (exact) mass is 563 g/mol. The van der Waals surface area contributed by atoms with E-state index in [0.29, 0.717) is 29.0 Å². The number of halogens is 1. The molecule has 1 N–H and O–H groups in total. The van der Waals surface area contributed by atoms with Crippen LogP contribution < -0.4 is 10.2 Å². The highest BCUT2D eigenvalue weighted by atomic mass is 19.1. The van der Waals surface area contributed by atoms with E-state index in [2.05, 4.69) is 22.1 Å². The molecule has 4 heterocycles. The number of aromatic nitrogens is 4. The summed E-state index contributed by atoms with van der Waals surface area (Å²) < 4.78 is 23.6. The molecule has 11 heteroatoms. The first-order valence-electron chi connectivity index (χ1n) is 14.0. The Morgan fingerprint density at radius 2 is 1.88 bits per heavy atom. The summed E-state index contributed by atoms with van der Waals surface area (Å²) in [5.74, 6) is -0.884. The molecule has 0 atom stereocenters. The molecule has 218 valence electrons. The van der Waals surface area contributed by atoms with E-state index in [9.17, 15) is 14.0 Å². The summed E-state index contributed by atoms with van der Waals surface area (Å²) in [5.41, 5.74) is 2.31. The summed E-state index contributed by atoms with van der Waals surface area (Å²) in [6, 6.07) is 4.99. The van der Waals surface area contributed by atoms with Crippen LogP contribution >= 0.6 is 0 Å². The molecule has 2 amide bonds. The number of ether oxygens (including phenoxy) is 1. The largest absolute Gasteiger partial charge is 0.444 e. The molecule has 1 fully saturated rings. The third kappa shape index (κ3) is 5.57. The summed E-state index contributed by atoms with van der Waals surface area (Å²) in [6.07, 6.45) is 6.51. The number of hydrogen-bond donors (Lipinski definition) is 1. The molecule has 1 saturated heterocycles. The topological polar surface area (TPSA) is 97.0 Å². The number of pyridine rings is 1. The maximum Gasteiger partial charge on any atom is 0.410 e. The van der Waals surface area contributed by atoms with E-state index in [1.165, 1.54) is 6.07 Å². The number of rotatable bonds is 5. The molecule has 0 spiro atoms. The average molecular weight is 564 g/mol. The highest BCUT2D eigenvalue weighted by Gasteiger charge is 2.38. The van der Waals surface area contributed by atoms with E-state index in [1.54, 1.807) is 41.7 Å². The van der Waals surface area contributed by atoms with E-state index < -0.39 is 11.4 Å². The van der Waals surface area contributed by atoms with Crippen LogP contribution in [-0.2, 0) is 11.3 Å². The van der Waals surface area contributed by atoms with Gasteiger partial charge in [-0.15, -0.1) is 0 Å². The van der Waals surface area contributed by atoms with Crippen molar-refractivity contribution in [3.05, 3.63) is 53.9 Å². The van der Waals surface area contributed by atoms with Crippen LogP contribution in [-0.4, -0.2) is 67.3 Å². The summed E-state index contributed by atoms with van der Waals surface area (Å²) in [5, 5.41) is 8.40. The number of nitrogens with zero attached hydrogens (tertiary/aromatic N) is 6. The van der Waals surface area contributed by atoms with Crippen molar-refractivity contribution >= 4 is 39.9 Å². The van der Waals surface area contributed by atoms with Crippen LogP contribution in [0.4, 0.5) is 20.6 Å². The Morgan fingerprint density at radius 3 is 2.54 bits per heavy atom. The van der Waals surface area contributed by atoms with Crippen molar-refractivity contribution in [1.29, 1.82) is 0 Å². The Bertz CT molecular complexity index is 1630. The molecule has 1 aliphatic heterocycles. The molecule has 1 aliphatic rings. The molecule has 10 nitrogen and oxygen atoms in total. The molecule has 0 aliphatic carbocycles. The number of piperidine rings is 1. The Morgan fingerprint density at radius 1 is 1.17 bits per heavy atom. The number of anilines is 2. The van der Waals surface area contributed by atoms with Crippen LogP contribution in [0.25, 0.3) is 16.6 Å². The third-order valence-electron chi connectivity index (χ3n) is 7.81. The van der Waals surface area contributed by atoms with E-state index >= 15 is 0 Å². The highest BCUT2D eigenvalue weighted by Crippen LogP contribution is 2.35. The number of aryl methyl sites for hydroxylation is 2. The van der Waals surface area contributed by atoms with Crippen molar-refractivity contribution in [2.24, 2.45) is 0 Å². The SMILES string of the molecule is CCn1cc2c(N3CCC(C)(N(C)C(=O)OC(C)(C)C)CC3)ccc(C(=O)Nc3cc(F)c4nc(C)cn4c3)c2n1. The number of benzene rings is 1. The van der Waals surface area contributed by atoms with Crippen LogP contribution in [0.3, 0.4) is 0 Å². The molecular weight excluding hydrogens is 525 g/mol. The third-order valence-corrected chi connectivity index (χ3v) is 7.81. The Kier molecular flexibility index (Phi) is 7.17. The zero-order valence-corrected chi connectivity index (χ0v) is 24.8. The van der Waals surface area contributed by atoms with Gasteiger partial charge in [0.15, 0.2) is 11.5 Å². The first-order valence-corrected chi connectivity index (χ1v) is 14.0. The van der Waals surface area contributed by atoms with Gasteiger partial charge in [-0.25, -0.2) is 14.2 Å². The zero-order valence-electron chi connectivity index (χ0n) is 24.8. The summed E-state index contributed by atoms with van der Waals surface area (Å²) in [7, 11) is 1.80. The number of carbonyl (C=O) groups is 2. The van der Waals surface area contributed by atoms with Gasteiger partial charge < -0.3 is 24.3 Å². The predicted octanol–water partition coefficient (Wildman–Crippen LogP) is 5.63. The van der Waals surface area contributed by atoms with Gasteiger partial charge in [0.2, 0.25) is 0 Å². The first-order chi connectivity index (χ1) is 19.3. The summed E-state index contributed by atoms with van der Waals surface area (Å²) in [6.45, 7) is 13.6. The lowest BCUT2D eigenvalue weighted by Gasteiger charge is -2.45. The maximum absolute atomic E-state index is 14.6. The molecule has 41 heavy (non-hydrogen) atoms. The zero-order chi connectivity index (χ0) is 29.7. The van der Waals surface area contributed by atoms with E-state index in [1.807, 2.05) is 44.6 Å². The van der Waals surface area contributed by atoms with Gasteiger partial charge in [-0.3, -0.25) is 9.48 Å². The van der Waals surface area contributed by atoms with E-state index in [4.69, 9.17) is 9.84 Å². The van der Waals surface area contributed by atoms with Crippen molar-refractivity contribution in [1.82, 2.24) is 24.1 Å². The number of nitrogens with one attached hydrogen (secondary N) is 1. The van der Waals surface area contributed by atoms with Gasteiger partial charge in [-0.1, -0.05) is 0 Å². The lowest BCUT2D eigenvalue weighted by Crippen LogP contribution is -2.55. The maximum atomic E-state index is 14.6. The molecular formula is C30H38FN7O3. The lowest BCUT2D eigenvalue weighted by atomic mass is 9.88. The average Bonchev–Trinajstić information content (AvgIpc) is 3.50. The normalized spacial score (nSPS) is 15.4. The van der Waals surface area contributed by atoms with E-state index in [-0.39, 0.29) is 23.2 Å². The van der Waals surface area contributed by atoms with E-state index in [0.717, 1.165) is 37.0 Å². The fourth-order valence-corrected chi connectivity index (χ4v) is 5.32. The second-order valence-electron chi connectivity index (χ2n) is 12.0. The molecule has 3 aromatic heterocycles.